The monoisotopic (exact) mass is 332 g/mol. The van der Waals surface area contributed by atoms with E-state index >= 15 is 0 Å². The number of aryl methyl sites for hydroxylation is 1. The summed E-state index contributed by atoms with van der Waals surface area (Å²) in [6.07, 6.45) is 2.51. The molecule has 2 unspecified atom stereocenters. The van der Waals surface area contributed by atoms with Gasteiger partial charge in [0.1, 0.15) is 24.8 Å². The summed E-state index contributed by atoms with van der Waals surface area (Å²) < 4.78 is 24.3. The zero-order valence-corrected chi connectivity index (χ0v) is 13.9. The zero-order valence-electron chi connectivity index (χ0n) is 13.9. The van der Waals surface area contributed by atoms with Crippen molar-refractivity contribution >= 4 is 5.91 Å². The Bertz CT molecular complexity index is 716. The van der Waals surface area contributed by atoms with Crippen molar-refractivity contribution in [1.82, 2.24) is 9.88 Å². The lowest BCUT2D eigenvalue weighted by atomic mass is 9.95. The van der Waals surface area contributed by atoms with E-state index in [4.69, 9.17) is 9.15 Å². The number of carbonyl (C=O) groups is 1. The third-order valence-corrected chi connectivity index (χ3v) is 4.33. The van der Waals surface area contributed by atoms with E-state index in [1.165, 1.54) is 12.1 Å². The van der Waals surface area contributed by atoms with Crippen molar-refractivity contribution in [3.63, 3.8) is 0 Å². The molecule has 2 heterocycles. The molecule has 0 N–H and O–H groups in total. The Hall–Kier alpha value is -2.21. The number of hydrogen-bond acceptors (Lipinski definition) is 4. The van der Waals surface area contributed by atoms with Gasteiger partial charge in [0.2, 0.25) is 11.8 Å². The number of halogens is 1. The molecule has 1 aliphatic heterocycles. The summed E-state index contributed by atoms with van der Waals surface area (Å²) in [6, 6.07) is 6.35. The molecule has 0 bridgehead atoms. The van der Waals surface area contributed by atoms with Crippen molar-refractivity contribution in [1.29, 1.82) is 0 Å². The van der Waals surface area contributed by atoms with Crippen LogP contribution in [0.25, 0.3) is 0 Å². The normalized spacial score (nSPS) is 20.5. The molecule has 2 atom stereocenters. The zero-order chi connectivity index (χ0) is 17.1. The maximum Gasteiger partial charge on any atom is 0.249 e. The maximum absolute atomic E-state index is 13.5. The fraction of sp³-hybridized carbons (Fsp3) is 0.444. The van der Waals surface area contributed by atoms with E-state index in [0.717, 1.165) is 12.0 Å². The number of likely N-dealkylation sites (tertiary alicyclic amines) is 1. The average molecular weight is 332 g/mol. The minimum atomic E-state index is -0.283. The second kappa shape index (κ2) is 7.13. The third-order valence-electron chi connectivity index (χ3n) is 4.33. The lowest BCUT2D eigenvalue weighted by Crippen LogP contribution is -2.34. The van der Waals surface area contributed by atoms with Crippen molar-refractivity contribution in [2.24, 2.45) is 5.92 Å². The summed E-state index contributed by atoms with van der Waals surface area (Å²) in [5.41, 5.74) is 0.830. The molecule has 128 valence electrons. The summed E-state index contributed by atoms with van der Waals surface area (Å²) in [6.45, 7) is 4.66. The van der Waals surface area contributed by atoms with Gasteiger partial charge in [0, 0.05) is 6.54 Å². The Balaban J connectivity index is 1.62. The molecule has 0 spiro atoms. The largest absolute Gasteiger partial charge is 0.443 e. The van der Waals surface area contributed by atoms with Gasteiger partial charge < -0.3 is 14.1 Å². The van der Waals surface area contributed by atoms with Crippen molar-refractivity contribution in [3.05, 3.63) is 53.5 Å². The van der Waals surface area contributed by atoms with Gasteiger partial charge in [-0.05, 0) is 37.0 Å². The van der Waals surface area contributed by atoms with Gasteiger partial charge in [-0.3, -0.25) is 4.79 Å². The van der Waals surface area contributed by atoms with Gasteiger partial charge in [-0.2, -0.15) is 0 Å². The Morgan fingerprint density at radius 3 is 3.04 bits per heavy atom. The molecule has 1 aromatic heterocycles. The smallest absolute Gasteiger partial charge is 0.249 e. The lowest BCUT2D eigenvalue weighted by molar-refractivity contribution is -0.138. The predicted octanol–water partition coefficient (Wildman–Crippen LogP) is 3.25. The summed E-state index contributed by atoms with van der Waals surface area (Å²) in [5, 5.41) is 0. The molecule has 0 aliphatic carbocycles. The number of aromatic nitrogens is 1. The third kappa shape index (κ3) is 3.64. The molecule has 0 saturated carbocycles. The van der Waals surface area contributed by atoms with Crippen molar-refractivity contribution in [2.75, 3.05) is 13.2 Å². The molecule has 1 amide bonds. The van der Waals surface area contributed by atoms with Crippen LogP contribution in [0, 0.1) is 18.7 Å². The Kier molecular flexibility index (Phi) is 4.94. The highest BCUT2D eigenvalue weighted by molar-refractivity contribution is 5.78. The van der Waals surface area contributed by atoms with E-state index in [9.17, 15) is 9.18 Å². The van der Waals surface area contributed by atoms with Gasteiger partial charge >= 0.3 is 0 Å². The van der Waals surface area contributed by atoms with Crippen LogP contribution in [-0.2, 0) is 16.1 Å². The minimum Gasteiger partial charge on any atom is -0.443 e. The van der Waals surface area contributed by atoms with E-state index in [2.05, 4.69) is 11.9 Å². The highest BCUT2D eigenvalue weighted by atomic mass is 19.1. The first-order chi connectivity index (χ1) is 11.5. The first-order valence-corrected chi connectivity index (χ1v) is 8.08. The van der Waals surface area contributed by atoms with E-state index < -0.39 is 0 Å². The van der Waals surface area contributed by atoms with Crippen LogP contribution in [0.5, 0.6) is 0 Å². The Morgan fingerprint density at radius 1 is 1.50 bits per heavy atom. The van der Waals surface area contributed by atoms with Crippen LogP contribution in [-0.4, -0.2) is 28.9 Å². The van der Waals surface area contributed by atoms with Gasteiger partial charge in [-0.25, -0.2) is 9.37 Å². The van der Waals surface area contributed by atoms with Crippen molar-refractivity contribution in [2.45, 2.75) is 32.9 Å². The molecular weight excluding hydrogens is 311 g/mol. The number of oxazole rings is 1. The van der Waals surface area contributed by atoms with Crippen LogP contribution < -0.4 is 0 Å². The quantitative estimate of drug-likeness (QED) is 0.843. The number of benzene rings is 1. The number of amides is 1. The molecule has 5 nitrogen and oxygen atoms in total. The van der Waals surface area contributed by atoms with Crippen LogP contribution >= 0.6 is 0 Å². The van der Waals surface area contributed by atoms with Crippen LogP contribution in [0.4, 0.5) is 4.39 Å². The molecule has 1 fully saturated rings. The number of hydrogen-bond donors (Lipinski definition) is 0. The van der Waals surface area contributed by atoms with Gasteiger partial charge in [0.25, 0.3) is 0 Å². The number of nitrogens with zero attached hydrogens (tertiary/aromatic N) is 2. The molecule has 1 aliphatic rings. The van der Waals surface area contributed by atoms with Crippen LogP contribution in [0.15, 0.2) is 34.9 Å². The Morgan fingerprint density at radius 2 is 2.33 bits per heavy atom. The minimum absolute atomic E-state index is 0.0417. The van der Waals surface area contributed by atoms with Crippen LogP contribution in [0.1, 0.15) is 36.6 Å². The fourth-order valence-electron chi connectivity index (χ4n) is 3.20. The summed E-state index contributed by atoms with van der Waals surface area (Å²) in [5.74, 6) is 1.06. The van der Waals surface area contributed by atoms with E-state index in [-0.39, 0.29) is 36.9 Å². The highest BCUT2D eigenvalue weighted by Gasteiger charge is 2.35. The van der Waals surface area contributed by atoms with Gasteiger partial charge in [0.05, 0.1) is 12.2 Å². The van der Waals surface area contributed by atoms with Crippen molar-refractivity contribution in [3.8, 4) is 0 Å². The van der Waals surface area contributed by atoms with Crippen LogP contribution in [0.3, 0.4) is 0 Å². The number of rotatable bonds is 5. The molecule has 3 rings (SSSR count). The average Bonchev–Trinajstić information content (AvgIpc) is 3.13. The van der Waals surface area contributed by atoms with E-state index in [1.54, 1.807) is 24.1 Å². The molecule has 0 radical (unpaired) electrons. The van der Waals surface area contributed by atoms with E-state index in [1.807, 2.05) is 6.07 Å². The molecule has 2 aromatic rings. The summed E-state index contributed by atoms with van der Waals surface area (Å²) in [7, 11) is 0. The fourth-order valence-corrected chi connectivity index (χ4v) is 3.20. The maximum atomic E-state index is 13.5. The van der Waals surface area contributed by atoms with Crippen LogP contribution in [0.2, 0.25) is 0 Å². The summed E-state index contributed by atoms with van der Waals surface area (Å²) in [4.78, 5) is 18.3. The van der Waals surface area contributed by atoms with Gasteiger partial charge in [-0.1, -0.05) is 19.1 Å². The topological polar surface area (TPSA) is 55.6 Å². The molecule has 24 heavy (non-hydrogen) atoms. The molecule has 1 saturated heterocycles. The SMILES string of the molecule is Cc1cnc(COCC(=O)N2CCC(C)C2c2cccc(F)c2)o1. The van der Waals surface area contributed by atoms with Gasteiger partial charge in [0.15, 0.2) is 0 Å². The summed E-state index contributed by atoms with van der Waals surface area (Å²) >= 11 is 0. The number of ether oxygens (including phenoxy) is 1. The second-order valence-corrected chi connectivity index (χ2v) is 6.21. The number of carbonyl (C=O) groups excluding carboxylic acids is 1. The predicted molar refractivity (Wildman–Crippen MR) is 85.5 cm³/mol. The molecular formula is C18H21FN2O3. The molecule has 1 aromatic carbocycles. The first-order valence-electron chi connectivity index (χ1n) is 8.08. The van der Waals surface area contributed by atoms with Gasteiger partial charge in [-0.15, -0.1) is 0 Å². The second-order valence-electron chi connectivity index (χ2n) is 6.21. The lowest BCUT2D eigenvalue weighted by Gasteiger charge is -2.27. The Labute approximate surface area is 140 Å². The standard InChI is InChI=1S/C18H21FN2O3/c1-12-6-7-21(18(12)14-4-3-5-15(19)8-14)17(22)11-23-10-16-20-9-13(2)24-16/h3-5,8-9,12,18H,6-7,10-11H2,1-2H3. The highest BCUT2D eigenvalue weighted by Crippen LogP contribution is 2.37. The molecule has 6 heteroatoms. The first kappa shape index (κ1) is 16.6. The van der Waals surface area contributed by atoms with Crippen molar-refractivity contribution < 1.29 is 18.3 Å². The van der Waals surface area contributed by atoms with E-state index in [0.29, 0.717) is 18.2 Å².